The molecule has 1 fully saturated rings. The SMILES string of the molecule is CN=C(NCCC(=O)NC(C)C)NCC(c1ccco1)N1CCCC1.I. The van der Waals surface area contributed by atoms with E-state index in [0.29, 0.717) is 25.5 Å². The van der Waals surface area contributed by atoms with Crippen molar-refractivity contribution in [1.29, 1.82) is 0 Å². The number of hydrogen-bond donors (Lipinski definition) is 3. The maximum atomic E-state index is 11.7. The van der Waals surface area contributed by atoms with E-state index < -0.39 is 0 Å². The van der Waals surface area contributed by atoms with Crippen LogP contribution in [0.25, 0.3) is 0 Å². The molecule has 2 rings (SSSR count). The smallest absolute Gasteiger partial charge is 0.221 e. The number of nitrogens with one attached hydrogen (secondary N) is 3. The molecule has 0 aromatic carbocycles. The highest BCUT2D eigenvalue weighted by Crippen LogP contribution is 2.24. The minimum absolute atomic E-state index is 0. The third-order valence-electron chi connectivity index (χ3n) is 4.23. The minimum Gasteiger partial charge on any atom is -0.468 e. The predicted molar refractivity (Wildman–Crippen MR) is 115 cm³/mol. The van der Waals surface area contributed by atoms with Gasteiger partial charge in [0, 0.05) is 32.6 Å². The summed E-state index contributed by atoms with van der Waals surface area (Å²) in [6.45, 7) is 7.36. The van der Waals surface area contributed by atoms with Crippen LogP contribution in [-0.2, 0) is 4.79 Å². The summed E-state index contributed by atoms with van der Waals surface area (Å²) in [7, 11) is 1.74. The molecule has 1 atom stereocenters. The van der Waals surface area contributed by atoms with Gasteiger partial charge in [0.15, 0.2) is 5.96 Å². The molecular formula is C18H32IN5O2. The van der Waals surface area contributed by atoms with Gasteiger partial charge in [-0.25, -0.2) is 0 Å². The van der Waals surface area contributed by atoms with Crippen molar-refractivity contribution < 1.29 is 9.21 Å². The number of carbonyl (C=O) groups is 1. The molecule has 1 aromatic heterocycles. The van der Waals surface area contributed by atoms with Crippen LogP contribution >= 0.6 is 24.0 Å². The zero-order valence-electron chi connectivity index (χ0n) is 16.0. The molecule has 26 heavy (non-hydrogen) atoms. The molecule has 0 aliphatic carbocycles. The van der Waals surface area contributed by atoms with Gasteiger partial charge in [0.25, 0.3) is 0 Å². The van der Waals surface area contributed by atoms with Gasteiger partial charge in [0.2, 0.25) is 5.91 Å². The van der Waals surface area contributed by atoms with Crippen LogP contribution in [0.4, 0.5) is 0 Å². The lowest BCUT2D eigenvalue weighted by Crippen LogP contribution is -2.43. The first-order valence-electron chi connectivity index (χ1n) is 9.11. The van der Waals surface area contributed by atoms with Crippen molar-refractivity contribution in [1.82, 2.24) is 20.9 Å². The van der Waals surface area contributed by atoms with Gasteiger partial charge in [-0.3, -0.25) is 14.7 Å². The van der Waals surface area contributed by atoms with E-state index in [2.05, 4.69) is 25.8 Å². The fraction of sp³-hybridized carbons (Fsp3) is 0.667. The lowest BCUT2D eigenvalue weighted by Gasteiger charge is -2.26. The molecule has 0 spiro atoms. The first kappa shape index (κ1) is 22.8. The molecular weight excluding hydrogens is 445 g/mol. The van der Waals surface area contributed by atoms with Crippen molar-refractivity contribution in [2.24, 2.45) is 4.99 Å². The number of amides is 1. The zero-order chi connectivity index (χ0) is 18.1. The maximum Gasteiger partial charge on any atom is 0.221 e. The van der Waals surface area contributed by atoms with E-state index >= 15 is 0 Å². The molecule has 2 heterocycles. The summed E-state index contributed by atoms with van der Waals surface area (Å²) in [6, 6.07) is 4.32. The van der Waals surface area contributed by atoms with Gasteiger partial charge in [-0.05, 0) is 51.9 Å². The van der Waals surface area contributed by atoms with Crippen molar-refractivity contribution in [3.8, 4) is 0 Å². The lowest BCUT2D eigenvalue weighted by molar-refractivity contribution is -0.121. The van der Waals surface area contributed by atoms with Crippen LogP contribution in [0.15, 0.2) is 27.8 Å². The standard InChI is InChI=1S/C18H31N5O2.HI/c1-14(2)22-17(24)8-9-20-18(19-3)21-13-15(16-7-6-12-25-16)23-10-4-5-11-23;/h6-7,12,14-15H,4-5,8-11,13H2,1-3H3,(H,22,24)(H2,19,20,21);1H. The van der Waals surface area contributed by atoms with Crippen LogP contribution in [0.2, 0.25) is 0 Å². The molecule has 1 aliphatic rings. The van der Waals surface area contributed by atoms with Gasteiger partial charge in [0.05, 0.1) is 12.3 Å². The quantitative estimate of drug-likeness (QED) is 0.304. The Morgan fingerprint density at radius 2 is 2.04 bits per heavy atom. The van der Waals surface area contributed by atoms with E-state index in [1.54, 1.807) is 13.3 Å². The second kappa shape index (κ2) is 12.2. The van der Waals surface area contributed by atoms with Gasteiger partial charge in [-0.2, -0.15) is 0 Å². The van der Waals surface area contributed by atoms with Gasteiger partial charge in [0.1, 0.15) is 5.76 Å². The average molecular weight is 477 g/mol. The van der Waals surface area contributed by atoms with Crippen molar-refractivity contribution >= 4 is 35.8 Å². The highest BCUT2D eigenvalue weighted by atomic mass is 127. The molecule has 0 radical (unpaired) electrons. The van der Waals surface area contributed by atoms with E-state index in [1.165, 1.54) is 12.8 Å². The van der Waals surface area contributed by atoms with Crippen LogP contribution in [0.1, 0.15) is 44.9 Å². The van der Waals surface area contributed by atoms with Gasteiger partial charge in [-0.1, -0.05) is 0 Å². The van der Waals surface area contributed by atoms with Crippen LogP contribution in [0, 0.1) is 0 Å². The summed E-state index contributed by atoms with van der Waals surface area (Å²) in [6.07, 6.45) is 4.61. The normalized spacial score (nSPS) is 16.2. The highest BCUT2D eigenvalue weighted by molar-refractivity contribution is 14.0. The predicted octanol–water partition coefficient (Wildman–Crippen LogP) is 2.11. The van der Waals surface area contributed by atoms with Gasteiger partial charge < -0.3 is 20.4 Å². The maximum absolute atomic E-state index is 11.7. The van der Waals surface area contributed by atoms with E-state index in [9.17, 15) is 4.79 Å². The number of nitrogens with zero attached hydrogens (tertiary/aromatic N) is 2. The number of aliphatic imine (C=N–C) groups is 1. The third-order valence-corrected chi connectivity index (χ3v) is 4.23. The number of halogens is 1. The van der Waals surface area contributed by atoms with E-state index in [1.807, 2.05) is 26.0 Å². The molecule has 1 aliphatic heterocycles. The van der Waals surface area contributed by atoms with Crippen molar-refractivity contribution in [2.45, 2.75) is 45.2 Å². The Morgan fingerprint density at radius 3 is 2.62 bits per heavy atom. The first-order valence-corrected chi connectivity index (χ1v) is 9.11. The second-order valence-electron chi connectivity index (χ2n) is 6.63. The molecule has 148 valence electrons. The van der Waals surface area contributed by atoms with Crippen LogP contribution in [0.5, 0.6) is 0 Å². The molecule has 1 amide bonds. The Balaban J connectivity index is 0.00000338. The average Bonchev–Trinajstić information content (AvgIpc) is 3.27. The zero-order valence-corrected chi connectivity index (χ0v) is 18.3. The summed E-state index contributed by atoms with van der Waals surface area (Å²) in [4.78, 5) is 18.4. The Labute approximate surface area is 173 Å². The topological polar surface area (TPSA) is 81.9 Å². The molecule has 0 bridgehead atoms. The number of hydrogen-bond acceptors (Lipinski definition) is 4. The molecule has 7 nitrogen and oxygen atoms in total. The van der Waals surface area contributed by atoms with Crippen molar-refractivity contribution in [3.05, 3.63) is 24.2 Å². The van der Waals surface area contributed by atoms with E-state index in [4.69, 9.17) is 4.42 Å². The highest BCUT2D eigenvalue weighted by Gasteiger charge is 2.25. The van der Waals surface area contributed by atoms with E-state index in [-0.39, 0.29) is 42.0 Å². The summed E-state index contributed by atoms with van der Waals surface area (Å²) in [5, 5.41) is 9.43. The first-order chi connectivity index (χ1) is 12.1. The molecule has 1 unspecified atom stereocenters. The number of carbonyl (C=O) groups excluding carboxylic acids is 1. The number of furan rings is 1. The van der Waals surface area contributed by atoms with Crippen LogP contribution < -0.4 is 16.0 Å². The summed E-state index contributed by atoms with van der Waals surface area (Å²) in [5.74, 6) is 1.72. The number of guanidine groups is 1. The Hall–Kier alpha value is -1.29. The van der Waals surface area contributed by atoms with Crippen molar-refractivity contribution in [2.75, 3.05) is 33.2 Å². The van der Waals surface area contributed by atoms with Crippen molar-refractivity contribution in [3.63, 3.8) is 0 Å². The number of rotatable bonds is 8. The largest absolute Gasteiger partial charge is 0.468 e. The molecule has 1 aromatic rings. The minimum atomic E-state index is 0. The van der Waals surface area contributed by atoms with Gasteiger partial charge in [-0.15, -0.1) is 24.0 Å². The summed E-state index contributed by atoms with van der Waals surface area (Å²) in [5.41, 5.74) is 0. The van der Waals surface area contributed by atoms with Gasteiger partial charge >= 0.3 is 0 Å². The molecule has 8 heteroatoms. The monoisotopic (exact) mass is 477 g/mol. The molecule has 1 saturated heterocycles. The summed E-state index contributed by atoms with van der Waals surface area (Å²) < 4.78 is 5.63. The fourth-order valence-corrected chi connectivity index (χ4v) is 3.05. The molecule has 0 saturated carbocycles. The fourth-order valence-electron chi connectivity index (χ4n) is 3.05. The summed E-state index contributed by atoms with van der Waals surface area (Å²) >= 11 is 0. The van der Waals surface area contributed by atoms with E-state index in [0.717, 1.165) is 18.8 Å². The van der Waals surface area contributed by atoms with Crippen LogP contribution in [-0.4, -0.2) is 56.0 Å². The van der Waals surface area contributed by atoms with Crippen LogP contribution in [0.3, 0.4) is 0 Å². The Kier molecular flexibility index (Phi) is 10.6. The second-order valence-corrected chi connectivity index (χ2v) is 6.63. The Morgan fingerprint density at radius 1 is 1.31 bits per heavy atom. The lowest BCUT2D eigenvalue weighted by atomic mass is 10.2. The Bertz CT molecular complexity index is 542. The third kappa shape index (κ3) is 7.53. The number of likely N-dealkylation sites (tertiary alicyclic amines) is 1. The molecule has 3 N–H and O–H groups in total.